The monoisotopic (exact) mass is 769 g/mol. The first-order chi connectivity index (χ1) is 29.6. The Kier molecular flexibility index (Phi) is 8.71. The molecule has 0 N–H and O–H groups in total. The molecule has 2 aliphatic rings. The number of rotatable bonds is 6. The number of fused-ring (bicyclic) bond motifs is 6. The fourth-order valence-corrected chi connectivity index (χ4v) is 9.72. The first kappa shape index (κ1) is 35.6. The van der Waals surface area contributed by atoms with Crippen molar-refractivity contribution in [2.24, 2.45) is 0 Å². The van der Waals surface area contributed by atoms with Crippen LogP contribution in [0.25, 0.3) is 89.4 Å². The van der Waals surface area contributed by atoms with Gasteiger partial charge in [0, 0.05) is 34.5 Å². The highest BCUT2D eigenvalue weighted by molar-refractivity contribution is 6.05. The normalized spacial score (nSPS) is 13.8. The van der Waals surface area contributed by atoms with Crippen molar-refractivity contribution in [1.29, 1.82) is 5.26 Å². The van der Waals surface area contributed by atoms with E-state index in [4.69, 9.17) is 15.0 Å². The third-order valence-electron chi connectivity index (χ3n) is 12.7. The summed E-state index contributed by atoms with van der Waals surface area (Å²) in [4.78, 5) is 19.3. The molecule has 0 atom stereocenters. The number of benzene rings is 7. The van der Waals surface area contributed by atoms with Gasteiger partial charge in [0.2, 0.25) is 0 Å². The van der Waals surface area contributed by atoms with Crippen LogP contribution in [-0.4, -0.2) is 19.9 Å². The van der Waals surface area contributed by atoms with E-state index in [-0.39, 0.29) is 5.41 Å². The Morgan fingerprint density at radius 2 is 0.917 bits per heavy atom. The third-order valence-corrected chi connectivity index (χ3v) is 12.7. The molecule has 11 rings (SSSR count). The zero-order chi connectivity index (χ0) is 40.0. The summed E-state index contributed by atoms with van der Waals surface area (Å²) >= 11 is 0. The fraction of sp³-hybridized carbons (Fsp3) is 0.109. The molecular formula is C55H39N5. The van der Waals surface area contributed by atoms with E-state index in [0.29, 0.717) is 17.5 Å². The summed E-state index contributed by atoms with van der Waals surface area (Å²) in [5.74, 6) is 1.88. The highest BCUT2D eigenvalue weighted by atomic mass is 15.0. The maximum absolute atomic E-state index is 9.81. The van der Waals surface area contributed by atoms with Crippen LogP contribution in [-0.2, 0) is 5.41 Å². The molecule has 0 saturated heterocycles. The van der Waals surface area contributed by atoms with Gasteiger partial charge in [0.25, 0.3) is 0 Å². The lowest BCUT2D eigenvalue weighted by molar-refractivity contribution is 0.353. The number of aromatic nitrogens is 4. The molecule has 7 aromatic carbocycles. The van der Waals surface area contributed by atoms with Crippen LogP contribution >= 0.6 is 0 Å². The topological polar surface area (TPSA) is 75.3 Å². The second kappa shape index (κ2) is 14.7. The van der Waals surface area contributed by atoms with Crippen molar-refractivity contribution in [2.45, 2.75) is 37.5 Å². The van der Waals surface area contributed by atoms with E-state index >= 15 is 0 Å². The quantitative estimate of drug-likeness (QED) is 0.168. The van der Waals surface area contributed by atoms with Crippen molar-refractivity contribution in [3.63, 3.8) is 0 Å². The molecule has 284 valence electrons. The molecule has 1 fully saturated rings. The molecule has 2 heterocycles. The zero-order valence-electron chi connectivity index (χ0n) is 33.0. The SMILES string of the molecule is N#Cc1ccc2c(c1)C1(CCCCC1)c1cc(-c3ccc(-c4ccc(-c5nc(-c6ccccc6)nc(-c6ccc(-c7cccnc7)cc6)n5)cc4)c4ccccc34)ccc1-2. The maximum atomic E-state index is 9.81. The Morgan fingerprint density at radius 1 is 0.417 bits per heavy atom. The van der Waals surface area contributed by atoms with Gasteiger partial charge >= 0.3 is 0 Å². The number of pyridine rings is 1. The van der Waals surface area contributed by atoms with Gasteiger partial charge in [0.05, 0.1) is 11.6 Å². The van der Waals surface area contributed by atoms with Crippen molar-refractivity contribution < 1.29 is 0 Å². The first-order valence-corrected chi connectivity index (χ1v) is 20.8. The van der Waals surface area contributed by atoms with E-state index in [9.17, 15) is 5.26 Å². The number of hydrogen-bond donors (Lipinski definition) is 0. The van der Waals surface area contributed by atoms with Crippen molar-refractivity contribution in [2.75, 3.05) is 0 Å². The number of nitriles is 1. The molecule has 2 aliphatic carbocycles. The van der Waals surface area contributed by atoms with E-state index in [1.165, 1.54) is 69.0 Å². The van der Waals surface area contributed by atoms with Crippen LogP contribution in [0.15, 0.2) is 176 Å². The van der Waals surface area contributed by atoms with Crippen molar-refractivity contribution >= 4 is 10.8 Å². The van der Waals surface area contributed by atoms with Crippen molar-refractivity contribution in [1.82, 2.24) is 19.9 Å². The summed E-state index contributed by atoms with van der Waals surface area (Å²) in [6, 6.07) is 60.1. The molecule has 5 nitrogen and oxygen atoms in total. The predicted octanol–water partition coefficient (Wildman–Crippen LogP) is 13.5. The lowest BCUT2D eigenvalue weighted by Crippen LogP contribution is -2.28. The molecule has 0 unspecified atom stereocenters. The molecule has 0 radical (unpaired) electrons. The Labute approximate surface area is 349 Å². The average molecular weight is 770 g/mol. The zero-order valence-corrected chi connectivity index (χ0v) is 33.0. The minimum atomic E-state index is -0.0324. The molecule has 5 heteroatoms. The second-order valence-corrected chi connectivity index (χ2v) is 16.1. The van der Waals surface area contributed by atoms with Gasteiger partial charge in [-0.2, -0.15) is 5.26 Å². The Hall–Kier alpha value is -7.55. The van der Waals surface area contributed by atoms with Gasteiger partial charge in [0.1, 0.15) is 0 Å². The Morgan fingerprint density at radius 3 is 1.53 bits per heavy atom. The van der Waals surface area contributed by atoms with E-state index in [1.807, 2.05) is 48.7 Å². The van der Waals surface area contributed by atoms with Gasteiger partial charge in [-0.15, -0.1) is 0 Å². The van der Waals surface area contributed by atoms with Gasteiger partial charge in [-0.05, 0) is 104 Å². The average Bonchev–Trinajstić information content (AvgIpc) is 3.58. The lowest BCUT2D eigenvalue weighted by Gasteiger charge is -2.36. The van der Waals surface area contributed by atoms with Crippen molar-refractivity contribution in [3.8, 4) is 84.7 Å². The predicted molar refractivity (Wildman–Crippen MR) is 242 cm³/mol. The molecule has 1 saturated carbocycles. The number of nitrogens with zero attached hydrogens (tertiary/aromatic N) is 5. The first-order valence-electron chi connectivity index (χ1n) is 20.8. The summed E-state index contributed by atoms with van der Waals surface area (Å²) in [5, 5.41) is 12.2. The van der Waals surface area contributed by atoms with Crippen LogP contribution in [0.5, 0.6) is 0 Å². The van der Waals surface area contributed by atoms with E-state index in [1.54, 1.807) is 6.20 Å². The van der Waals surface area contributed by atoms with Crippen LogP contribution in [0.3, 0.4) is 0 Å². The largest absolute Gasteiger partial charge is 0.264 e. The molecule has 2 aromatic heterocycles. The molecule has 0 bridgehead atoms. The molecule has 0 amide bonds. The Balaban J connectivity index is 0.954. The highest BCUT2D eigenvalue weighted by Gasteiger charge is 2.44. The molecule has 0 aliphatic heterocycles. The van der Waals surface area contributed by atoms with Gasteiger partial charge in [-0.3, -0.25) is 4.98 Å². The number of hydrogen-bond acceptors (Lipinski definition) is 5. The smallest absolute Gasteiger partial charge is 0.164 e. The van der Waals surface area contributed by atoms with Crippen molar-refractivity contribution in [3.05, 3.63) is 193 Å². The highest BCUT2D eigenvalue weighted by Crippen LogP contribution is 2.56. The van der Waals surface area contributed by atoms with Gasteiger partial charge < -0.3 is 0 Å². The summed E-state index contributed by atoms with van der Waals surface area (Å²) in [7, 11) is 0. The van der Waals surface area contributed by atoms with Gasteiger partial charge in [-0.1, -0.05) is 159 Å². The van der Waals surface area contributed by atoms with Crippen LogP contribution in [0.4, 0.5) is 0 Å². The van der Waals surface area contributed by atoms with E-state index in [2.05, 4.69) is 132 Å². The fourth-order valence-electron chi connectivity index (χ4n) is 9.72. The Bertz CT molecular complexity index is 3110. The standard InChI is InChI=1S/C55H39N5/c56-34-36-15-25-48-49-26-24-42(33-51(49)55(50(48)32-36)29-7-2-8-30-55)45-28-27-44(46-13-5-6-14-47(45)46)38-18-22-41(23-19-38)54-59-52(39-10-3-1-4-11-39)58-53(60-54)40-20-16-37(17-21-40)43-12-9-31-57-35-43/h1,3-6,9-28,31-33,35H,2,7-8,29-30H2. The molecular weight excluding hydrogens is 731 g/mol. The van der Waals surface area contributed by atoms with E-state index in [0.717, 1.165) is 51.8 Å². The van der Waals surface area contributed by atoms with Crippen LogP contribution in [0.2, 0.25) is 0 Å². The molecule has 60 heavy (non-hydrogen) atoms. The minimum absolute atomic E-state index is 0.0324. The van der Waals surface area contributed by atoms with Gasteiger partial charge in [-0.25, -0.2) is 15.0 Å². The van der Waals surface area contributed by atoms with Gasteiger partial charge in [0.15, 0.2) is 17.5 Å². The third kappa shape index (κ3) is 6.08. The van der Waals surface area contributed by atoms with Crippen LogP contribution in [0.1, 0.15) is 48.8 Å². The summed E-state index contributed by atoms with van der Waals surface area (Å²) < 4.78 is 0. The maximum Gasteiger partial charge on any atom is 0.164 e. The van der Waals surface area contributed by atoms with Crippen LogP contribution in [0, 0.1) is 11.3 Å². The minimum Gasteiger partial charge on any atom is -0.264 e. The lowest BCUT2D eigenvalue weighted by atomic mass is 9.67. The molecule has 1 spiro atoms. The molecule has 9 aromatic rings. The summed E-state index contributed by atoms with van der Waals surface area (Å²) in [6.07, 6.45) is 9.59. The summed E-state index contributed by atoms with van der Waals surface area (Å²) in [6.45, 7) is 0. The summed E-state index contributed by atoms with van der Waals surface area (Å²) in [5.41, 5.74) is 15.8. The second-order valence-electron chi connectivity index (χ2n) is 16.1. The van der Waals surface area contributed by atoms with E-state index < -0.39 is 0 Å². The van der Waals surface area contributed by atoms with Crippen LogP contribution < -0.4 is 0 Å².